The van der Waals surface area contributed by atoms with Crippen LogP contribution in [-0.2, 0) is 15.6 Å². The Labute approximate surface area is 178 Å². The van der Waals surface area contributed by atoms with Crippen molar-refractivity contribution in [1.82, 2.24) is 0 Å². The summed E-state index contributed by atoms with van der Waals surface area (Å²) in [6.07, 6.45) is 2.25. The summed E-state index contributed by atoms with van der Waals surface area (Å²) in [4.78, 5) is 25.4. The fourth-order valence-corrected chi connectivity index (χ4v) is 4.61. The molecule has 0 saturated heterocycles. The Kier molecular flexibility index (Phi) is 4.80. The maximum atomic E-state index is 13.5. The molecule has 3 nitrogen and oxygen atoms in total. The van der Waals surface area contributed by atoms with Crippen LogP contribution in [0, 0.1) is 0 Å². The van der Waals surface area contributed by atoms with Crippen LogP contribution >= 0.6 is 0 Å². The molecule has 3 heteroatoms. The Bertz CT molecular complexity index is 1170. The van der Waals surface area contributed by atoms with Crippen LogP contribution in [0.15, 0.2) is 54.6 Å². The van der Waals surface area contributed by atoms with Crippen LogP contribution in [0.3, 0.4) is 0 Å². The minimum Gasteiger partial charge on any atom is -0.465 e. The van der Waals surface area contributed by atoms with Crippen molar-refractivity contribution in [3.05, 3.63) is 82.4 Å². The van der Waals surface area contributed by atoms with E-state index in [1.165, 1.54) is 18.2 Å². The number of esters is 1. The first-order valence-electron chi connectivity index (χ1n) is 10.4. The number of ether oxygens (including phenoxy) is 1. The second-order valence-corrected chi connectivity index (χ2v) is 9.59. The van der Waals surface area contributed by atoms with Gasteiger partial charge in [-0.3, -0.25) is 4.79 Å². The van der Waals surface area contributed by atoms with E-state index in [0.29, 0.717) is 16.7 Å². The highest BCUT2D eigenvalue weighted by atomic mass is 16.5. The van der Waals surface area contributed by atoms with E-state index in [9.17, 15) is 9.59 Å². The monoisotopic (exact) mass is 400 g/mol. The lowest BCUT2D eigenvalue weighted by Crippen LogP contribution is -2.34. The minimum atomic E-state index is -0.381. The lowest BCUT2D eigenvalue weighted by Gasteiger charge is -2.42. The quantitative estimate of drug-likeness (QED) is 0.388. The Morgan fingerprint density at radius 2 is 1.47 bits per heavy atom. The topological polar surface area (TPSA) is 43.4 Å². The van der Waals surface area contributed by atoms with Gasteiger partial charge in [0.2, 0.25) is 0 Å². The summed E-state index contributed by atoms with van der Waals surface area (Å²) < 4.78 is 4.82. The van der Waals surface area contributed by atoms with Crippen molar-refractivity contribution >= 4 is 22.5 Å². The van der Waals surface area contributed by atoms with Crippen molar-refractivity contribution in [2.45, 2.75) is 51.4 Å². The number of methoxy groups -OCH3 is 1. The Hall–Kier alpha value is -2.94. The number of hydrogen-bond donors (Lipinski definition) is 0. The van der Waals surface area contributed by atoms with Crippen molar-refractivity contribution < 1.29 is 14.3 Å². The molecule has 0 saturated carbocycles. The SMILES string of the molecule is COC(=O)c1ccc2c(C(=O)c3ccc4c(c3)C(C)(C)CCC4(C)C)cccc2c1. The standard InChI is InChI=1S/C27H28O3/c1-26(2)13-14-27(3,4)23-16-18(10-12-22(23)26)24(28)21-8-6-7-17-15-19(25(29)30-5)9-11-20(17)21/h6-12,15-16H,13-14H2,1-5H3. The first-order chi connectivity index (χ1) is 14.1. The van der Waals surface area contributed by atoms with E-state index in [2.05, 4.69) is 39.8 Å². The van der Waals surface area contributed by atoms with Crippen LogP contribution in [0.2, 0.25) is 0 Å². The number of ketones is 1. The largest absolute Gasteiger partial charge is 0.465 e. The number of fused-ring (bicyclic) bond motifs is 2. The molecule has 0 atom stereocenters. The fourth-order valence-electron chi connectivity index (χ4n) is 4.61. The predicted molar refractivity (Wildman–Crippen MR) is 120 cm³/mol. The summed E-state index contributed by atoms with van der Waals surface area (Å²) in [5.74, 6) is -0.374. The molecule has 3 aromatic carbocycles. The molecule has 0 aromatic heterocycles. The van der Waals surface area contributed by atoms with E-state index in [4.69, 9.17) is 4.74 Å². The lowest BCUT2D eigenvalue weighted by molar-refractivity contribution is 0.0601. The number of carbonyl (C=O) groups excluding carboxylic acids is 2. The molecular weight excluding hydrogens is 372 g/mol. The highest BCUT2D eigenvalue weighted by molar-refractivity contribution is 6.17. The van der Waals surface area contributed by atoms with Gasteiger partial charge in [-0.05, 0) is 63.8 Å². The smallest absolute Gasteiger partial charge is 0.337 e. The molecule has 0 fully saturated rings. The maximum absolute atomic E-state index is 13.5. The lowest BCUT2D eigenvalue weighted by atomic mass is 9.63. The molecular formula is C27H28O3. The van der Waals surface area contributed by atoms with Gasteiger partial charge in [-0.25, -0.2) is 4.79 Å². The van der Waals surface area contributed by atoms with Gasteiger partial charge in [-0.15, -0.1) is 0 Å². The third-order valence-corrected chi connectivity index (χ3v) is 6.66. The van der Waals surface area contributed by atoms with E-state index >= 15 is 0 Å². The van der Waals surface area contributed by atoms with Crippen molar-refractivity contribution in [3.8, 4) is 0 Å². The van der Waals surface area contributed by atoms with Crippen LogP contribution < -0.4 is 0 Å². The normalized spacial score (nSPS) is 16.7. The number of rotatable bonds is 3. The second kappa shape index (κ2) is 7.09. The van der Waals surface area contributed by atoms with Gasteiger partial charge in [0, 0.05) is 11.1 Å². The number of benzene rings is 3. The van der Waals surface area contributed by atoms with Crippen molar-refractivity contribution in [2.75, 3.05) is 7.11 Å². The Balaban J connectivity index is 1.81. The molecule has 0 aliphatic heterocycles. The van der Waals surface area contributed by atoms with E-state index in [1.807, 2.05) is 30.3 Å². The molecule has 1 aliphatic carbocycles. The molecule has 0 N–H and O–H groups in total. The van der Waals surface area contributed by atoms with Crippen molar-refractivity contribution in [1.29, 1.82) is 0 Å². The molecule has 154 valence electrons. The second-order valence-electron chi connectivity index (χ2n) is 9.59. The summed E-state index contributed by atoms with van der Waals surface area (Å²) in [5, 5.41) is 1.69. The molecule has 1 aliphatic rings. The van der Waals surface area contributed by atoms with Crippen LogP contribution in [0.4, 0.5) is 0 Å². The Morgan fingerprint density at radius 3 is 2.17 bits per heavy atom. The van der Waals surface area contributed by atoms with Gasteiger partial charge >= 0.3 is 5.97 Å². The molecule has 4 rings (SSSR count). The minimum absolute atomic E-state index is 0.00778. The van der Waals surface area contributed by atoms with Crippen LogP contribution in [0.1, 0.15) is 77.9 Å². The van der Waals surface area contributed by atoms with E-state index in [-0.39, 0.29) is 22.6 Å². The summed E-state index contributed by atoms with van der Waals surface area (Å²) in [6, 6.07) is 17.2. The number of hydrogen-bond acceptors (Lipinski definition) is 3. The summed E-state index contributed by atoms with van der Waals surface area (Å²) in [6.45, 7) is 9.10. The van der Waals surface area contributed by atoms with E-state index < -0.39 is 0 Å². The van der Waals surface area contributed by atoms with Gasteiger partial charge in [-0.1, -0.05) is 64.1 Å². The zero-order valence-corrected chi connectivity index (χ0v) is 18.3. The molecule has 3 aromatic rings. The number of carbonyl (C=O) groups is 2. The van der Waals surface area contributed by atoms with Crippen LogP contribution in [0.25, 0.3) is 10.8 Å². The van der Waals surface area contributed by atoms with Gasteiger partial charge in [-0.2, -0.15) is 0 Å². The van der Waals surface area contributed by atoms with Crippen molar-refractivity contribution in [3.63, 3.8) is 0 Å². The molecule has 0 bridgehead atoms. The van der Waals surface area contributed by atoms with Gasteiger partial charge < -0.3 is 4.74 Å². The van der Waals surface area contributed by atoms with Gasteiger partial charge in [0.05, 0.1) is 12.7 Å². The average Bonchev–Trinajstić information content (AvgIpc) is 2.75. The maximum Gasteiger partial charge on any atom is 0.337 e. The molecule has 0 spiro atoms. The van der Waals surface area contributed by atoms with Crippen molar-refractivity contribution in [2.24, 2.45) is 0 Å². The molecule has 0 heterocycles. The van der Waals surface area contributed by atoms with E-state index in [0.717, 1.165) is 23.6 Å². The third-order valence-electron chi connectivity index (χ3n) is 6.66. The predicted octanol–water partition coefficient (Wildman–Crippen LogP) is 6.21. The molecule has 0 unspecified atom stereocenters. The third kappa shape index (κ3) is 3.32. The first-order valence-corrected chi connectivity index (χ1v) is 10.4. The molecule has 0 amide bonds. The zero-order chi connectivity index (χ0) is 21.7. The van der Waals surface area contributed by atoms with E-state index in [1.54, 1.807) is 12.1 Å². The average molecular weight is 401 g/mol. The first kappa shape index (κ1) is 20.3. The van der Waals surface area contributed by atoms with Gasteiger partial charge in [0.1, 0.15) is 0 Å². The Morgan fingerprint density at radius 1 is 0.800 bits per heavy atom. The van der Waals surface area contributed by atoms with Crippen LogP contribution in [-0.4, -0.2) is 18.9 Å². The summed E-state index contributed by atoms with van der Waals surface area (Å²) >= 11 is 0. The zero-order valence-electron chi connectivity index (χ0n) is 18.3. The fraction of sp³-hybridized carbons (Fsp3) is 0.333. The van der Waals surface area contributed by atoms with Crippen LogP contribution in [0.5, 0.6) is 0 Å². The molecule has 30 heavy (non-hydrogen) atoms. The molecule has 0 radical (unpaired) electrons. The van der Waals surface area contributed by atoms with Gasteiger partial charge in [0.25, 0.3) is 0 Å². The summed E-state index contributed by atoms with van der Waals surface area (Å²) in [7, 11) is 1.37. The van der Waals surface area contributed by atoms with Gasteiger partial charge in [0.15, 0.2) is 5.78 Å². The highest BCUT2D eigenvalue weighted by Crippen LogP contribution is 2.46. The highest BCUT2D eigenvalue weighted by Gasteiger charge is 2.37. The summed E-state index contributed by atoms with van der Waals surface area (Å²) in [5.41, 5.74) is 4.63.